The Bertz CT molecular complexity index is 861. The molecule has 0 spiro atoms. The van der Waals surface area contributed by atoms with E-state index in [-0.39, 0.29) is 12.5 Å². The largest absolute Gasteiger partial charge is 0.468 e. The van der Waals surface area contributed by atoms with Crippen molar-refractivity contribution in [1.82, 2.24) is 20.4 Å². The second-order valence-corrected chi connectivity index (χ2v) is 11.3. The molecule has 1 aliphatic carbocycles. The molecular formula is C29H50N6O5. The van der Waals surface area contributed by atoms with Crippen molar-refractivity contribution in [3.05, 3.63) is 0 Å². The van der Waals surface area contributed by atoms with Gasteiger partial charge in [0.25, 0.3) is 6.47 Å². The van der Waals surface area contributed by atoms with Gasteiger partial charge in [-0.15, -0.1) is 0 Å². The van der Waals surface area contributed by atoms with Gasteiger partial charge in [0.2, 0.25) is 11.9 Å². The Labute approximate surface area is 240 Å². The van der Waals surface area contributed by atoms with E-state index >= 15 is 0 Å². The number of nitrogens with one attached hydrogen (secondary N) is 2. The van der Waals surface area contributed by atoms with Crippen LogP contribution >= 0.6 is 0 Å². The summed E-state index contributed by atoms with van der Waals surface area (Å²) in [6, 6.07) is 1.74. The summed E-state index contributed by atoms with van der Waals surface area (Å²) >= 11 is 0. The van der Waals surface area contributed by atoms with Gasteiger partial charge < -0.3 is 24.6 Å². The third-order valence-corrected chi connectivity index (χ3v) is 7.96. The van der Waals surface area contributed by atoms with Gasteiger partial charge in [-0.25, -0.2) is 9.79 Å². The van der Waals surface area contributed by atoms with Gasteiger partial charge >= 0.3 is 6.09 Å². The molecule has 2 atom stereocenters. The van der Waals surface area contributed by atoms with E-state index in [1.807, 2.05) is 7.05 Å². The van der Waals surface area contributed by atoms with Crippen LogP contribution in [0.5, 0.6) is 0 Å². The summed E-state index contributed by atoms with van der Waals surface area (Å²) in [6.07, 6.45) is 9.20. The maximum absolute atomic E-state index is 13.7. The van der Waals surface area contributed by atoms with Crippen molar-refractivity contribution >= 4 is 24.4 Å². The number of ether oxygens (including phenoxy) is 2. The van der Waals surface area contributed by atoms with Gasteiger partial charge in [0.15, 0.2) is 0 Å². The molecule has 2 unspecified atom stereocenters. The third-order valence-electron chi connectivity index (χ3n) is 7.96. The van der Waals surface area contributed by atoms with Crippen LogP contribution in [-0.4, -0.2) is 92.3 Å². The van der Waals surface area contributed by atoms with Gasteiger partial charge in [0, 0.05) is 26.2 Å². The molecule has 11 heteroatoms. The van der Waals surface area contributed by atoms with Gasteiger partial charge in [-0.05, 0) is 64.8 Å². The Morgan fingerprint density at radius 1 is 1.10 bits per heavy atom. The van der Waals surface area contributed by atoms with Crippen molar-refractivity contribution in [2.24, 2.45) is 16.8 Å². The fourth-order valence-electron chi connectivity index (χ4n) is 5.59. The minimum atomic E-state index is -0.863. The smallest absolute Gasteiger partial charge is 0.413 e. The van der Waals surface area contributed by atoms with Crippen LogP contribution in [0.2, 0.25) is 0 Å². The number of nitrogens with zero attached hydrogens (tertiary/aromatic N) is 4. The van der Waals surface area contributed by atoms with Gasteiger partial charge in [0.05, 0.1) is 19.3 Å². The number of carbonyl (C=O) groups is 3. The van der Waals surface area contributed by atoms with E-state index in [4.69, 9.17) is 9.73 Å². The molecule has 0 bridgehead atoms. The summed E-state index contributed by atoms with van der Waals surface area (Å²) in [7, 11) is 2.03. The maximum atomic E-state index is 13.7. The molecule has 40 heavy (non-hydrogen) atoms. The van der Waals surface area contributed by atoms with Gasteiger partial charge in [0.1, 0.15) is 11.6 Å². The van der Waals surface area contributed by atoms with E-state index in [0.717, 1.165) is 51.9 Å². The van der Waals surface area contributed by atoms with E-state index < -0.39 is 17.7 Å². The quantitative estimate of drug-likeness (QED) is 0.261. The lowest BCUT2D eigenvalue weighted by Gasteiger charge is -2.37. The number of amides is 2. The summed E-state index contributed by atoms with van der Waals surface area (Å²) in [5.74, 6) is 1.10. The topological polar surface area (TPSA) is 136 Å². The lowest BCUT2D eigenvalue weighted by Crippen LogP contribution is -2.56. The van der Waals surface area contributed by atoms with Crippen LogP contribution in [0.25, 0.3) is 0 Å². The summed E-state index contributed by atoms with van der Waals surface area (Å²) < 4.78 is 9.29. The van der Waals surface area contributed by atoms with Gasteiger partial charge in [-0.3, -0.25) is 14.9 Å². The van der Waals surface area contributed by atoms with Crippen LogP contribution in [0.4, 0.5) is 4.79 Å². The molecule has 3 fully saturated rings. The van der Waals surface area contributed by atoms with E-state index in [9.17, 15) is 19.6 Å². The summed E-state index contributed by atoms with van der Waals surface area (Å²) in [5.41, 5.74) is -0.863. The molecule has 2 heterocycles. The fraction of sp³-hybridized carbons (Fsp3) is 0.828. The highest BCUT2D eigenvalue weighted by atomic mass is 16.5. The Morgan fingerprint density at radius 2 is 1.80 bits per heavy atom. The third kappa shape index (κ3) is 11.3. The van der Waals surface area contributed by atoms with E-state index in [0.29, 0.717) is 50.1 Å². The number of guanidine groups is 1. The zero-order valence-electron chi connectivity index (χ0n) is 25.0. The van der Waals surface area contributed by atoms with E-state index in [2.05, 4.69) is 38.2 Å². The predicted molar refractivity (Wildman–Crippen MR) is 153 cm³/mol. The molecule has 2 aliphatic heterocycles. The number of carbonyl (C=O) groups excluding carboxylic acids is 3. The minimum absolute atomic E-state index is 0.213. The SMILES string of the molecule is CCOC(=O)NC(=NC(CC1CCCCC1)C(=O)NC1(C#N)CCN(C)CC1)N1CCCC(C)C1.CCOC=O. The van der Waals surface area contributed by atoms with Crippen molar-refractivity contribution in [3.8, 4) is 6.07 Å². The normalized spacial score (nSPS) is 22.5. The molecule has 0 aromatic rings. The first-order valence-corrected chi connectivity index (χ1v) is 15.0. The number of alkyl carbamates (subject to hydrolysis) is 1. The highest BCUT2D eigenvalue weighted by Gasteiger charge is 2.38. The van der Waals surface area contributed by atoms with Crippen molar-refractivity contribution < 1.29 is 23.9 Å². The van der Waals surface area contributed by atoms with Crippen molar-refractivity contribution in [1.29, 1.82) is 5.26 Å². The Kier molecular flexibility index (Phi) is 14.8. The molecular weight excluding hydrogens is 512 g/mol. The molecule has 3 aliphatic rings. The zero-order chi connectivity index (χ0) is 29.4. The molecule has 0 aromatic heterocycles. The average Bonchev–Trinajstić information content (AvgIpc) is 2.95. The minimum Gasteiger partial charge on any atom is -0.468 e. The van der Waals surface area contributed by atoms with E-state index in [1.54, 1.807) is 13.8 Å². The number of aliphatic imine (C=N–C) groups is 1. The van der Waals surface area contributed by atoms with Crippen molar-refractivity contribution in [2.45, 2.75) is 96.6 Å². The molecule has 0 radical (unpaired) electrons. The molecule has 226 valence electrons. The first kappa shape index (κ1) is 33.3. The van der Waals surface area contributed by atoms with E-state index in [1.165, 1.54) is 19.3 Å². The van der Waals surface area contributed by atoms with Crippen LogP contribution in [0.3, 0.4) is 0 Å². The summed E-state index contributed by atoms with van der Waals surface area (Å²) in [5, 5.41) is 15.9. The molecule has 1 saturated carbocycles. The van der Waals surface area contributed by atoms with Crippen molar-refractivity contribution in [3.63, 3.8) is 0 Å². The van der Waals surface area contributed by atoms with Crippen LogP contribution in [0.1, 0.15) is 85.0 Å². The number of nitriles is 1. The maximum Gasteiger partial charge on any atom is 0.413 e. The Balaban J connectivity index is 0.00000103. The fourth-order valence-corrected chi connectivity index (χ4v) is 5.59. The number of likely N-dealkylation sites (tertiary alicyclic amines) is 2. The van der Waals surface area contributed by atoms with Gasteiger partial charge in [-0.2, -0.15) is 5.26 Å². The molecule has 2 amide bonds. The van der Waals surface area contributed by atoms with Crippen LogP contribution < -0.4 is 10.6 Å². The van der Waals surface area contributed by atoms with Gasteiger partial charge in [-0.1, -0.05) is 39.0 Å². The van der Waals surface area contributed by atoms with Crippen LogP contribution in [0, 0.1) is 23.2 Å². The highest BCUT2D eigenvalue weighted by molar-refractivity contribution is 5.96. The first-order chi connectivity index (χ1) is 19.3. The standard InChI is InChI=1S/C26H44N6O3.C3H6O2/c1-4-35-25(34)29-24(32-14-8-9-20(2)18-32)28-22(17-21-10-6-5-7-11-21)23(33)30-26(19-27)12-15-31(3)16-13-26;1-2-5-3-4/h20-22H,4-18H2,1-3H3,(H,30,33)(H,28,29,34);3H,2H2,1H3. The molecule has 0 aromatic carbocycles. The highest BCUT2D eigenvalue weighted by Crippen LogP contribution is 2.29. The second-order valence-electron chi connectivity index (χ2n) is 11.3. The summed E-state index contributed by atoms with van der Waals surface area (Å²) in [6.45, 7) is 9.98. The lowest BCUT2D eigenvalue weighted by molar-refractivity contribution is -0.128. The lowest BCUT2D eigenvalue weighted by atomic mass is 9.84. The predicted octanol–water partition coefficient (Wildman–Crippen LogP) is 3.44. The van der Waals surface area contributed by atoms with Crippen LogP contribution in [0.15, 0.2) is 4.99 Å². The number of hydrogen-bond donors (Lipinski definition) is 2. The zero-order valence-corrected chi connectivity index (χ0v) is 25.0. The first-order valence-electron chi connectivity index (χ1n) is 15.0. The van der Waals surface area contributed by atoms with Crippen LogP contribution in [-0.2, 0) is 19.1 Å². The molecule has 2 N–H and O–H groups in total. The summed E-state index contributed by atoms with van der Waals surface area (Å²) in [4.78, 5) is 44.4. The Hall–Kier alpha value is -2.87. The average molecular weight is 563 g/mol. The number of rotatable bonds is 8. The molecule has 3 rings (SSSR count). The number of piperidine rings is 2. The molecule has 11 nitrogen and oxygen atoms in total. The molecule has 2 saturated heterocycles. The monoisotopic (exact) mass is 562 g/mol. The van der Waals surface area contributed by atoms with Crippen molar-refractivity contribution in [2.75, 3.05) is 46.4 Å². The Morgan fingerprint density at radius 3 is 2.35 bits per heavy atom. The number of hydrogen-bond acceptors (Lipinski definition) is 8. The second kappa shape index (κ2) is 17.7.